The predicted molar refractivity (Wildman–Crippen MR) is 82.0 cm³/mol. The molecule has 1 amide bonds. The average molecular weight is 274 g/mol. The number of benzene rings is 1. The van der Waals surface area contributed by atoms with Crippen molar-refractivity contribution in [1.29, 1.82) is 0 Å². The molecule has 1 aromatic carbocycles. The maximum absolute atomic E-state index is 11.7. The number of carbonyl (C=O) groups is 1. The van der Waals surface area contributed by atoms with E-state index in [9.17, 15) is 4.79 Å². The molecular formula is C15H22N4O. The number of aromatic nitrogens is 2. The van der Waals surface area contributed by atoms with Gasteiger partial charge in [0, 0.05) is 24.1 Å². The zero-order chi connectivity index (χ0) is 14.8. The van der Waals surface area contributed by atoms with Gasteiger partial charge in [-0.1, -0.05) is 20.8 Å². The molecule has 0 aliphatic carbocycles. The number of amides is 1. The van der Waals surface area contributed by atoms with E-state index in [1.807, 2.05) is 25.2 Å². The number of fused-ring (bicyclic) bond motifs is 1. The van der Waals surface area contributed by atoms with Crippen LogP contribution in [0, 0.1) is 0 Å². The Balaban J connectivity index is 2.19. The first-order valence-electron chi connectivity index (χ1n) is 6.85. The molecule has 3 N–H and O–H groups in total. The molecule has 0 saturated carbocycles. The monoisotopic (exact) mass is 274 g/mol. The van der Waals surface area contributed by atoms with Crippen LogP contribution in [0.2, 0.25) is 0 Å². The van der Waals surface area contributed by atoms with Crippen LogP contribution in [0.5, 0.6) is 0 Å². The Kier molecular flexibility index (Phi) is 4.09. The van der Waals surface area contributed by atoms with Gasteiger partial charge in [-0.05, 0) is 25.2 Å². The molecule has 108 valence electrons. The molecule has 0 bridgehead atoms. The Morgan fingerprint density at radius 2 is 2.10 bits per heavy atom. The molecule has 1 aromatic heterocycles. The Morgan fingerprint density at radius 1 is 1.35 bits per heavy atom. The van der Waals surface area contributed by atoms with Gasteiger partial charge < -0.3 is 15.6 Å². The number of imidazole rings is 1. The molecular weight excluding hydrogens is 252 g/mol. The van der Waals surface area contributed by atoms with E-state index >= 15 is 0 Å². The predicted octanol–water partition coefficient (Wildman–Crippen LogP) is 2.41. The molecule has 0 radical (unpaired) electrons. The fourth-order valence-electron chi connectivity index (χ4n) is 1.90. The molecule has 2 rings (SSSR count). The zero-order valence-corrected chi connectivity index (χ0v) is 12.5. The molecule has 2 aromatic rings. The van der Waals surface area contributed by atoms with Crippen LogP contribution >= 0.6 is 0 Å². The molecule has 5 nitrogen and oxygen atoms in total. The highest BCUT2D eigenvalue weighted by Gasteiger charge is 2.18. The number of rotatable bonds is 4. The number of aromatic amines is 1. The number of anilines is 1. The summed E-state index contributed by atoms with van der Waals surface area (Å²) in [7, 11) is 1.83. The SMILES string of the molecule is CNCCC(=O)Nc1ccc2nc(C(C)(C)C)[nH]c2c1. The van der Waals surface area contributed by atoms with Crippen LogP contribution in [0.25, 0.3) is 11.0 Å². The van der Waals surface area contributed by atoms with Crippen LogP contribution in [0.1, 0.15) is 33.0 Å². The fourth-order valence-corrected chi connectivity index (χ4v) is 1.90. The van der Waals surface area contributed by atoms with Crippen LogP contribution < -0.4 is 10.6 Å². The van der Waals surface area contributed by atoms with Gasteiger partial charge in [-0.3, -0.25) is 4.79 Å². The lowest BCUT2D eigenvalue weighted by molar-refractivity contribution is -0.116. The molecule has 0 fully saturated rings. The van der Waals surface area contributed by atoms with Gasteiger partial charge in [0.15, 0.2) is 0 Å². The summed E-state index contributed by atoms with van der Waals surface area (Å²) in [4.78, 5) is 19.6. The van der Waals surface area contributed by atoms with Crippen molar-refractivity contribution < 1.29 is 4.79 Å². The third-order valence-electron chi connectivity index (χ3n) is 3.08. The summed E-state index contributed by atoms with van der Waals surface area (Å²) in [5, 5.41) is 5.85. The molecule has 0 aliphatic rings. The summed E-state index contributed by atoms with van der Waals surface area (Å²) in [6.45, 7) is 7.02. The van der Waals surface area contributed by atoms with Gasteiger partial charge >= 0.3 is 0 Å². The van der Waals surface area contributed by atoms with Gasteiger partial charge in [0.25, 0.3) is 0 Å². The second-order valence-electron chi connectivity index (χ2n) is 5.97. The Morgan fingerprint density at radius 3 is 2.75 bits per heavy atom. The highest BCUT2D eigenvalue weighted by molar-refractivity contribution is 5.93. The van der Waals surface area contributed by atoms with Crippen molar-refractivity contribution in [3.8, 4) is 0 Å². The zero-order valence-electron chi connectivity index (χ0n) is 12.5. The smallest absolute Gasteiger partial charge is 0.225 e. The Bertz CT molecular complexity index is 610. The number of hydrogen-bond acceptors (Lipinski definition) is 3. The van der Waals surface area contributed by atoms with E-state index in [4.69, 9.17) is 0 Å². The molecule has 0 aliphatic heterocycles. The van der Waals surface area contributed by atoms with E-state index in [2.05, 4.69) is 41.4 Å². The van der Waals surface area contributed by atoms with Gasteiger partial charge in [-0.25, -0.2) is 4.98 Å². The minimum atomic E-state index is -0.0186. The lowest BCUT2D eigenvalue weighted by atomic mass is 9.96. The molecule has 0 unspecified atom stereocenters. The number of nitrogens with zero attached hydrogens (tertiary/aromatic N) is 1. The lowest BCUT2D eigenvalue weighted by Crippen LogP contribution is -2.18. The topological polar surface area (TPSA) is 69.8 Å². The normalized spacial score (nSPS) is 11.8. The molecule has 1 heterocycles. The first kappa shape index (κ1) is 14.5. The molecule has 0 atom stereocenters. The Labute approximate surface area is 119 Å². The van der Waals surface area contributed by atoms with Crippen molar-refractivity contribution in [2.24, 2.45) is 0 Å². The summed E-state index contributed by atoms with van der Waals surface area (Å²) in [6, 6.07) is 5.73. The minimum absolute atomic E-state index is 0.00857. The molecule has 0 saturated heterocycles. The van der Waals surface area contributed by atoms with E-state index in [-0.39, 0.29) is 11.3 Å². The highest BCUT2D eigenvalue weighted by atomic mass is 16.1. The van der Waals surface area contributed by atoms with Gasteiger partial charge in [0.1, 0.15) is 5.82 Å². The molecule has 20 heavy (non-hydrogen) atoms. The summed E-state index contributed by atoms with van der Waals surface area (Å²) >= 11 is 0. The largest absolute Gasteiger partial charge is 0.341 e. The molecule has 0 spiro atoms. The number of H-pyrrole nitrogens is 1. The maximum Gasteiger partial charge on any atom is 0.225 e. The Hall–Kier alpha value is -1.88. The van der Waals surface area contributed by atoms with Crippen LogP contribution in [-0.4, -0.2) is 29.5 Å². The quantitative estimate of drug-likeness (QED) is 0.802. The van der Waals surface area contributed by atoms with Crippen molar-refractivity contribution in [2.45, 2.75) is 32.6 Å². The molecule has 5 heteroatoms. The van der Waals surface area contributed by atoms with Gasteiger partial charge in [-0.15, -0.1) is 0 Å². The van der Waals surface area contributed by atoms with E-state index in [1.54, 1.807) is 0 Å². The number of hydrogen-bond donors (Lipinski definition) is 3. The highest BCUT2D eigenvalue weighted by Crippen LogP contribution is 2.24. The summed E-state index contributed by atoms with van der Waals surface area (Å²) in [5.74, 6) is 0.959. The van der Waals surface area contributed by atoms with Crippen molar-refractivity contribution in [1.82, 2.24) is 15.3 Å². The second kappa shape index (κ2) is 5.63. The van der Waals surface area contributed by atoms with Gasteiger partial charge in [-0.2, -0.15) is 0 Å². The van der Waals surface area contributed by atoms with Crippen LogP contribution in [0.4, 0.5) is 5.69 Å². The summed E-state index contributed by atoms with van der Waals surface area (Å²) < 4.78 is 0. The van der Waals surface area contributed by atoms with Crippen LogP contribution in [0.15, 0.2) is 18.2 Å². The van der Waals surface area contributed by atoms with E-state index < -0.39 is 0 Å². The maximum atomic E-state index is 11.7. The standard InChI is InChI=1S/C15H22N4O/c1-15(2,3)14-18-11-6-5-10(9-12(11)19-14)17-13(20)7-8-16-4/h5-6,9,16H,7-8H2,1-4H3,(H,17,20)(H,18,19). The van der Waals surface area contributed by atoms with Crippen LogP contribution in [-0.2, 0) is 10.2 Å². The van der Waals surface area contributed by atoms with Crippen LogP contribution in [0.3, 0.4) is 0 Å². The van der Waals surface area contributed by atoms with Crippen molar-refractivity contribution in [3.05, 3.63) is 24.0 Å². The average Bonchev–Trinajstić information content (AvgIpc) is 2.79. The first-order valence-corrected chi connectivity index (χ1v) is 6.85. The van der Waals surface area contributed by atoms with Crippen molar-refractivity contribution in [2.75, 3.05) is 18.9 Å². The van der Waals surface area contributed by atoms with E-state index in [1.165, 1.54) is 0 Å². The van der Waals surface area contributed by atoms with Crippen molar-refractivity contribution >= 4 is 22.6 Å². The van der Waals surface area contributed by atoms with E-state index in [0.29, 0.717) is 13.0 Å². The third-order valence-corrected chi connectivity index (χ3v) is 3.08. The van der Waals surface area contributed by atoms with Gasteiger partial charge in [0.2, 0.25) is 5.91 Å². The summed E-state index contributed by atoms with van der Waals surface area (Å²) in [6.07, 6.45) is 0.463. The van der Waals surface area contributed by atoms with Crippen molar-refractivity contribution in [3.63, 3.8) is 0 Å². The number of nitrogens with one attached hydrogen (secondary N) is 3. The third kappa shape index (κ3) is 3.36. The van der Waals surface area contributed by atoms with Gasteiger partial charge in [0.05, 0.1) is 11.0 Å². The summed E-state index contributed by atoms with van der Waals surface area (Å²) in [5.41, 5.74) is 2.64. The lowest BCUT2D eigenvalue weighted by Gasteiger charge is -2.13. The van der Waals surface area contributed by atoms with E-state index in [0.717, 1.165) is 22.5 Å². The first-order chi connectivity index (χ1) is 9.40. The second-order valence-corrected chi connectivity index (χ2v) is 5.97. The fraction of sp³-hybridized carbons (Fsp3) is 0.467. The number of carbonyl (C=O) groups excluding carboxylic acids is 1. The minimum Gasteiger partial charge on any atom is -0.341 e.